The average Bonchev–Trinajstić information content (AvgIpc) is 2.16. The molecule has 0 aliphatic heterocycles. The van der Waals surface area contributed by atoms with Crippen LogP contribution in [-0.4, -0.2) is 35.3 Å². The second-order valence-electron chi connectivity index (χ2n) is 2.71. The van der Waals surface area contributed by atoms with E-state index in [1.807, 2.05) is 0 Å². The number of rotatable bonds is 7. The van der Waals surface area contributed by atoms with E-state index in [2.05, 4.69) is 25.3 Å². The van der Waals surface area contributed by atoms with Gasteiger partial charge in [-0.3, -0.25) is 4.79 Å². The van der Waals surface area contributed by atoms with E-state index >= 15 is 0 Å². The highest BCUT2D eigenvalue weighted by Crippen LogP contribution is 2.02. The number of hydrogen-bond donors (Lipinski definition) is 3. The van der Waals surface area contributed by atoms with E-state index in [0.717, 1.165) is 12.8 Å². The fourth-order valence-corrected chi connectivity index (χ4v) is 1.08. The summed E-state index contributed by atoms with van der Waals surface area (Å²) in [5.74, 6) is 0.313. The molecule has 0 radical (unpaired) electrons. The van der Waals surface area contributed by atoms with E-state index in [1.165, 1.54) is 0 Å². The fraction of sp³-hybridized carbons (Fsp3) is 0.875. The van der Waals surface area contributed by atoms with Crippen LogP contribution in [0, 0.1) is 0 Å². The van der Waals surface area contributed by atoms with Crippen LogP contribution in [0.5, 0.6) is 0 Å². The molecule has 0 saturated heterocycles. The first kappa shape index (κ1) is 13.1. The number of carbonyl (C=O) groups is 1. The smallest absolute Gasteiger partial charge is 0.315 e. The molecule has 0 aliphatic rings. The highest BCUT2D eigenvalue weighted by molar-refractivity contribution is 7.81. The number of esters is 1. The molecule has 1 N–H and O–H groups in total. The predicted octanol–water partition coefficient (Wildman–Crippen LogP) is 0.920. The van der Waals surface area contributed by atoms with Gasteiger partial charge in [-0.25, -0.2) is 0 Å². The van der Waals surface area contributed by atoms with Crippen LogP contribution in [0.2, 0.25) is 0 Å². The molecule has 0 aromatic heterocycles. The lowest BCUT2D eigenvalue weighted by molar-refractivity contribution is -0.140. The van der Waals surface area contributed by atoms with Crippen molar-refractivity contribution in [1.82, 2.24) is 0 Å². The molecule has 0 heterocycles. The van der Waals surface area contributed by atoms with Crippen molar-refractivity contribution in [3.63, 3.8) is 0 Å². The lowest BCUT2D eigenvalue weighted by Gasteiger charge is -2.06. The number of unbranched alkanes of at least 4 members (excludes halogenated alkanes) is 1. The van der Waals surface area contributed by atoms with Gasteiger partial charge in [0.25, 0.3) is 0 Å². The zero-order chi connectivity index (χ0) is 10.1. The lowest BCUT2D eigenvalue weighted by atomic mass is 10.2. The van der Waals surface area contributed by atoms with E-state index in [9.17, 15) is 4.79 Å². The van der Waals surface area contributed by atoms with Gasteiger partial charge in [0.1, 0.15) is 0 Å². The van der Waals surface area contributed by atoms with Crippen LogP contribution in [-0.2, 0) is 9.53 Å². The Bertz CT molecular complexity index is 141. The van der Waals surface area contributed by atoms with Gasteiger partial charge in [0.05, 0.1) is 18.5 Å². The molecule has 1 atom stereocenters. The molecule has 0 spiro atoms. The Morgan fingerprint density at radius 1 is 1.38 bits per heavy atom. The molecule has 0 amide bonds. The highest BCUT2D eigenvalue weighted by atomic mass is 32.1. The maximum atomic E-state index is 10.6. The van der Waals surface area contributed by atoms with E-state index in [4.69, 9.17) is 9.84 Å². The quantitative estimate of drug-likeness (QED) is 0.342. The van der Waals surface area contributed by atoms with Gasteiger partial charge in [0.2, 0.25) is 0 Å². The number of aliphatic hydroxyl groups is 1. The van der Waals surface area contributed by atoms with Gasteiger partial charge in [-0.2, -0.15) is 25.3 Å². The Labute approximate surface area is 89.7 Å². The molecule has 0 aromatic carbocycles. The molecular formula is C8H16O3S2. The summed E-state index contributed by atoms with van der Waals surface area (Å²) in [5.41, 5.74) is 0. The molecule has 0 fully saturated rings. The van der Waals surface area contributed by atoms with Crippen molar-refractivity contribution in [3.05, 3.63) is 0 Å². The van der Waals surface area contributed by atoms with Gasteiger partial charge in [-0.1, -0.05) is 0 Å². The van der Waals surface area contributed by atoms with Crippen LogP contribution in [0.3, 0.4) is 0 Å². The summed E-state index contributed by atoms with van der Waals surface area (Å²) in [5, 5.41) is 9.12. The van der Waals surface area contributed by atoms with Crippen LogP contribution in [0.15, 0.2) is 0 Å². The molecule has 0 rings (SSSR count). The van der Waals surface area contributed by atoms with E-state index in [0.29, 0.717) is 18.8 Å². The normalized spacial score (nSPS) is 12.5. The number of aliphatic hydroxyl groups excluding tert-OH is 1. The Kier molecular flexibility index (Phi) is 8.80. The van der Waals surface area contributed by atoms with Crippen LogP contribution in [0.1, 0.15) is 19.3 Å². The van der Waals surface area contributed by atoms with Crippen molar-refractivity contribution in [1.29, 1.82) is 0 Å². The second-order valence-corrected chi connectivity index (χ2v) is 3.39. The van der Waals surface area contributed by atoms with Crippen molar-refractivity contribution in [2.24, 2.45) is 0 Å². The van der Waals surface area contributed by atoms with Crippen LogP contribution < -0.4 is 0 Å². The van der Waals surface area contributed by atoms with Crippen molar-refractivity contribution >= 4 is 31.2 Å². The Morgan fingerprint density at radius 3 is 2.62 bits per heavy atom. The molecule has 3 nitrogen and oxygen atoms in total. The minimum Gasteiger partial charge on any atom is -0.465 e. The van der Waals surface area contributed by atoms with Gasteiger partial charge >= 0.3 is 5.97 Å². The molecular weight excluding hydrogens is 208 g/mol. The first-order valence-corrected chi connectivity index (χ1v) is 5.52. The summed E-state index contributed by atoms with van der Waals surface area (Å²) in [6, 6.07) is 0. The third kappa shape index (κ3) is 8.46. The fourth-order valence-electron chi connectivity index (χ4n) is 0.805. The van der Waals surface area contributed by atoms with Crippen LogP contribution >= 0.6 is 25.3 Å². The average molecular weight is 224 g/mol. The summed E-state index contributed by atoms with van der Waals surface area (Å²) in [6.45, 7) is 0.415. The predicted molar refractivity (Wildman–Crippen MR) is 58.5 cm³/mol. The summed E-state index contributed by atoms with van der Waals surface area (Å²) >= 11 is 7.71. The standard InChI is InChI=1S/C8H16O3S2/c9-7(5-12)3-1-2-4-11-8(10)6-13/h7,9,12-13H,1-6H2. The Morgan fingerprint density at radius 2 is 2.08 bits per heavy atom. The highest BCUT2D eigenvalue weighted by Gasteiger charge is 2.01. The Hall–Kier alpha value is 0.130. The lowest BCUT2D eigenvalue weighted by Crippen LogP contribution is -2.10. The summed E-state index contributed by atoms with van der Waals surface area (Å²) < 4.78 is 4.79. The molecule has 0 bridgehead atoms. The van der Waals surface area contributed by atoms with Gasteiger partial charge < -0.3 is 9.84 Å². The summed E-state index contributed by atoms with van der Waals surface area (Å²) in [7, 11) is 0. The number of thiol groups is 2. The molecule has 0 saturated carbocycles. The zero-order valence-electron chi connectivity index (χ0n) is 7.48. The first-order chi connectivity index (χ1) is 6.20. The molecule has 0 aromatic rings. The minimum absolute atomic E-state index is 0.124. The summed E-state index contributed by atoms with van der Waals surface area (Å²) in [6.07, 6.45) is 2.00. The molecule has 0 aliphatic carbocycles. The van der Waals surface area contributed by atoms with Gasteiger partial charge in [-0.15, -0.1) is 0 Å². The topological polar surface area (TPSA) is 46.5 Å². The van der Waals surface area contributed by atoms with Gasteiger partial charge in [-0.05, 0) is 19.3 Å². The molecule has 78 valence electrons. The number of carbonyl (C=O) groups excluding carboxylic acids is 1. The van der Waals surface area contributed by atoms with Crippen LogP contribution in [0.25, 0.3) is 0 Å². The van der Waals surface area contributed by atoms with Crippen LogP contribution in [0.4, 0.5) is 0 Å². The van der Waals surface area contributed by atoms with Gasteiger partial charge in [0.15, 0.2) is 0 Å². The molecule has 13 heavy (non-hydrogen) atoms. The maximum Gasteiger partial charge on any atom is 0.315 e. The van der Waals surface area contributed by atoms with Crippen molar-refractivity contribution in [3.8, 4) is 0 Å². The zero-order valence-corrected chi connectivity index (χ0v) is 9.27. The SMILES string of the molecule is O=C(CS)OCCCCC(O)CS. The molecule has 1 unspecified atom stereocenters. The van der Waals surface area contributed by atoms with E-state index in [1.54, 1.807) is 0 Å². The Balaban J connectivity index is 3.12. The third-order valence-corrected chi connectivity index (χ3v) is 2.21. The minimum atomic E-state index is -0.344. The van der Waals surface area contributed by atoms with E-state index in [-0.39, 0.29) is 17.8 Å². The van der Waals surface area contributed by atoms with Gasteiger partial charge in [0, 0.05) is 5.75 Å². The largest absolute Gasteiger partial charge is 0.465 e. The van der Waals surface area contributed by atoms with E-state index < -0.39 is 0 Å². The van der Waals surface area contributed by atoms with Crippen molar-refractivity contribution < 1.29 is 14.6 Å². The van der Waals surface area contributed by atoms with Crippen molar-refractivity contribution in [2.45, 2.75) is 25.4 Å². The number of hydrogen-bond acceptors (Lipinski definition) is 5. The maximum absolute atomic E-state index is 10.6. The number of ether oxygens (including phenoxy) is 1. The second kappa shape index (κ2) is 8.72. The molecule has 5 heteroatoms. The summed E-state index contributed by atoms with van der Waals surface area (Å²) in [4.78, 5) is 10.6. The monoisotopic (exact) mass is 224 g/mol. The third-order valence-electron chi connectivity index (χ3n) is 1.53. The first-order valence-electron chi connectivity index (χ1n) is 4.26. The van der Waals surface area contributed by atoms with Crippen molar-refractivity contribution in [2.75, 3.05) is 18.1 Å².